The molecule has 1 N–H and O–H groups in total. The van der Waals surface area contributed by atoms with E-state index in [0.29, 0.717) is 6.04 Å². The van der Waals surface area contributed by atoms with E-state index in [1.165, 1.54) is 5.56 Å². The predicted octanol–water partition coefficient (Wildman–Crippen LogP) is 4.99. The summed E-state index contributed by atoms with van der Waals surface area (Å²) in [4.78, 5) is 4.62. The number of nitrogens with one attached hydrogen (secondary N) is 1. The van der Waals surface area contributed by atoms with Gasteiger partial charge in [0, 0.05) is 22.8 Å². The number of anilines is 1. The van der Waals surface area contributed by atoms with Crippen molar-refractivity contribution in [3.05, 3.63) is 65.9 Å². The minimum absolute atomic E-state index is 0.376. The van der Waals surface area contributed by atoms with Crippen LogP contribution in [0.25, 0.3) is 10.9 Å². The Kier molecular flexibility index (Phi) is 4.99. The molecule has 2 aromatic carbocycles. The summed E-state index contributed by atoms with van der Waals surface area (Å²) in [7, 11) is 1.69. The standard InChI is InChI=1S/C21H24N2O/c1-15(9-10-17-7-5-4-6-8-17)22-21-13-16(2)23-20-12-11-18(24-3)14-19(20)21/h4-8,11-15H,9-10H2,1-3H3,(H,22,23). The van der Waals surface area contributed by atoms with Gasteiger partial charge in [-0.2, -0.15) is 0 Å². The molecule has 1 aromatic heterocycles. The van der Waals surface area contributed by atoms with Crippen LogP contribution < -0.4 is 10.1 Å². The van der Waals surface area contributed by atoms with Gasteiger partial charge in [-0.05, 0) is 56.5 Å². The number of hydrogen-bond acceptors (Lipinski definition) is 3. The van der Waals surface area contributed by atoms with Crippen LogP contribution in [0.1, 0.15) is 24.6 Å². The van der Waals surface area contributed by atoms with Gasteiger partial charge in [0.25, 0.3) is 0 Å². The third kappa shape index (κ3) is 3.85. The van der Waals surface area contributed by atoms with Gasteiger partial charge in [0.05, 0.1) is 12.6 Å². The van der Waals surface area contributed by atoms with E-state index >= 15 is 0 Å². The second kappa shape index (κ2) is 7.35. The molecular formula is C21H24N2O. The molecular weight excluding hydrogens is 296 g/mol. The van der Waals surface area contributed by atoms with Crippen LogP contribution in [0, 0.1) is 6.92 Å². The Hall–Kier alpha value is -2.55. The average molecular weight is 320 g/mol. The van der Waals surface area contributed by atoms with Gasteiger partial charge in [0.1, 0.15) is 5.75 Å². The molecule has 0 aliphatic carbocycles. The van der Waals surface area contributed by atoms with E-state index in [9.17, 15) is 0 Å². The van der Waals surface area contributed by atoms with Gasteiger partial charge in [-0.25, -0.2) is 0 Å². The molecule has 0 fully saturated rings. The SMILES string of the molecule is COc1ccc2nc(C)cc(NC(C)CCc3ccccc3)c2c1. The highest BCUT2D eigenvalue weighted by atomic mass is 16.5. The van der Waals surface area contributed by atoms with Crippen molar-refractivity contribution in [1.29, 1.82) is 0 Å². The Morgan fingerprint density at radius 3 is 2.62 bits per heavy atom. The van der Waals surface area contributed by atoms with Gasteiger partial charge < -0.3 is 10.1 Å². The van der Waals surface area contributed by atoms with Gasteiger partial charge >= 0.3 is 0 Å². The zero-order valence-electron chi connectivity index (χ0n) is 14.5. The Labute approximate surface area is 143 Å². The quantitative estimate of drug-likeness (QED) is 0.695. The third-order valence-corrected chi connectivity index (χ3v) is 4.25. The van der Waals surface area contributed by atoms with Crippen LogP contribution in [0.2, 0.25) is 0 Å². The monoisotopic (exact) mass is 320 g/mol. The van der Waals surface area contributed by atoms with E-state index in [1.54, 1.807) is 7.11 Å². The summed E-state index contributed by atoms with van der Waals surface area (Å²) >= 11 is 0. The summed E-state index contributed by atoms with van der Waals surface area (Å²) in [6.07, 6.45) is 2.15. The molecule has 124 valence electrons. The van der Waals surface area contributed by atoms with Gasteiger partial charge in [-0.1, -0.05) is 30.3 Å². The van der Waals surface area contributed by atoms with Crippen LogP contribution >= 0.6 is 0 Å². The second-order valence-electron chi connectivity index (χ2n) is 6.26. The summed E-state index contributed by atoms with van der Waals surface area (Å²) in [5.74, 6) is 0.855. The molecule has 0 spiro atoms. The van der Waals surface area contributed by atoms with Gasteiger partial charge in [-0.3, -0.25) is 4.98 Å². The van der Waals surface area contributed by atoms with Crippen LogP contribution in [0.3, 0.4) is 0 Å². The topological polar surface area (TPSA) is 34.1 Å². The van der Waals surface area contributed by atoms with Crippen LogP contribution in [-0.4, -0.2) is 18.1 Å². The molecule has 24 heavy (non-hydrogen) atoms. The number of methoxy groups -OCH3 is 1. The molecule has 0 aliphatic rings. The first-order valence-corrected chi connectivity index (χ1v) is 8.41. The molecule has 3 nitrogen and oxygen atoms in total. The van der Waals surface area contributed by atoms with E-state index in [-0.39, 0.29) is 0 Å². The Balaban J connectivity index is 1.78. The Bertz CT molecular complexity index is 815. The summed E-state index contributed by atoms with van der Waals surface area (Å²) < 4.78 is 5.36. The molecule has 3 heteroatoms. The minimum atomic E-state index is 0.376. The second-order valence-corrected chi connectivity index (χ2v) is 6.26. The van der Waals surface area contributed by atoms with Crippen molar-refractivity contribution in [1.82, 2.24) is 4.98 Å². The lowest BCUT2D eigenvalue weighted by atomic mass is 10.1. The van der Waals surface area contributed by atoms with Crippen LogP contribution in [0.4, 0.5) is 5.69 Å². The zero-order valence-corrected chi connectivity index (χ0v) is 14.5. The highest BCUT2D eigenvalue weighted by Crippen LogP contribution is 2.28. The first kappa shape index (κ1) is 16.3. The predicted molar refractivity (Wildman–Crippen MR) is 101 cm³/mol. The molecule has 0 saturated carbocycles. The maximum atomic E-state index is 5.36. The van der Waals surface area contributed by atoms with Gasteiger partial charge in [0.15, 0.2) is 0 Å². The molecule has 1 heterocycles. The molecule has 0 saturated heterocycles. The summed E-state index contributed by atoms with van der Waals surface area (Å²) in [5, 5.41) is 4.75. The number of aryl methyl sites for hydroxylation is 2. The lowest BCUT2D eigenvalue weighted by molar-refractivity contribution is 0.415. The number of aromatic nitrogens is 1. The van der Waals surface area contributed by atoms with Crippen molar-refractivity contribution >= 4 is 16.6 Å². The molecule has 1 unspecified atom stereocenters. The van der Waals surface area contributed by atoms with Crippen LogP contribution in [0.15, 0.2) is 54.6 Å². The number of pyridine rings is 1. The van der Waals surface area contributed by atoms with Crippen molar-refractivity contribution in [2.45, 2.75) is 32.7 Å². The molecule has 1 atom stereocenters. The van der Waals surface area contributed by atoms with Crippen molar-refractivity contribution in [2.24, 2.45) is 0 Å². The first-order chi connectivity index (χ1) is 11.7. The van der Waals surface area contributed by atoms with E-state index in [2.05, 4.69) is 53.6 Å². The molecule has 0 aliphatic heterocycles. The maximum Gasteiger partial charge on any atom is 0.119 e. The fourth-order valence-corrected chi connectivity index (χ4v) is 2.95. The minimum Gasteiger partial charge on any atom is -0.497 e. The first-order valence-electron chi connectivity index (χ1n) is 8.41. The maximum absolute atomic E-state index is 5.36. The molecule has 0 bridgehead atoms. The molecule has 3 aromatic rings. The largest absolute Gasteiger partial charge is 0.497 e. The van der Waals surface area contributed by atoms with Crippen molar-refractivity contribution in [2.75, 3.05) is 12.4 Å². The number of rotatable bonds is 6. The number of ether oxygens (including phenoxy) is 1. The third-order valence-electron chi connectivity index (χ3n) is 4.25. The molecule has 0 radical (unpaired) electrons. The lowest BCUT2D eigenvalue weighted by Gasteiger charge is -2.18. The number of fused-ring (bicyclic) bond motifs is 1. The Morgan fingerprint density at radius 1 is 1.08 bits per heavy atom. The van der Waals surface area contributed by atoms with Crippen LogP contribution in [0.5, 0.6) is 5.75 Å². The highest BCUT2D eigenvalue weighted by Gasteiger charge is 2.09. The number of nitrogens with zero attached hydrogens (tertiary/aromatic N) is 1. The fourth-order valence-electron chi connectivity index (χ4n) is 2.95. The van der Waals surface area contributed by atoms with Crippen molar-refractivity contribution in [3.63, 3.8) is 0 Å². The van der Waals surface area contributed by atoms with Crippen LogP contribution in [-0.2, 0) is 6.42 Å². The normalized spacial score (nSPS) is 12.1. The Morgan fingerprint density at radius 2 is 1.88 bits per heavy atom. The fraction of sp³-hybridized carbons (Fsp3) is 0.286. The van der Waals surface area contributed by atoms with E-state index in [1.807, 2.05) is 25.1 Å². The van der Waals surface area contributed by atoms with Crippen molar-refractivity contribution < 1.29 is 4.74 Å². The summed E-state index contributed by atoms with van der Waals surface area (Å²) in [6, 6.07) is 19.1. The van der Waals surface area contributed by atoms with E-state index in [0.717, 1.165) is 40.9 Å². The smallest absolute Gasteiger partial charge is 0.119 e. The highest BCUT2D eigenvalue weighted by molar-refractivity contribution is 5.92. The molecule has 0 amide bonds. The van der Waals surface area contributed by atoms with Gasteiger partial charge in [0.2, 0.25) is 0 Å². The van der Waals surface area contributed by atoms with Crippen molar-refractivity contribution in [3.8, 4) is 5.75 Å². The van der Waals surface area contributed by atoms with E-state index in [4.69, 9.17) is 4.74 Å². The summed E-state index contributed by atoms with van der Waals surface area (Å²) in [6.45, 7) is 4.26. The zero-order chi connectivity index (χ0) is 16.9. The van der Waals surface area contributed by atoms with Gasteiger partial charge in [-0.15, -0.1) is 0 Å². The van der Waals surface area contributed by atoms with E-state index < -0.39 is 0 Å². The number of hydrogen-bond donors (Lipinski definition) is 1. The summed E-state index contributed by atoms with van der Waals surface area (Å²) in [5.41, 5.74) is 4.51. The number of benzene rings is 2. The lowest BCUT2D eigenvalue weighted by Crippen LogP contribution is -2.16. The average Bonchev–Trinajstić information content (AvgIpc) is 2.60. The molecule has 3 rings (SSSR count).